The molecule has 1 unspecified atom stereocenters. The van der Waals surface area contributed by atoms with Crippen LogP contribution in [0, 0.1) is 5.92 Å². The molecule has 1 amide bonds. The Hall–Kier alpha value is -0.780. The molecule has 6 heteroatoms. The Balaban J connectivity index is 4.70. The smallest absolute Gasteiger partial charge is 0.344 e. The van der Waals surface area contributed by atoms with Gasteiger partial charge in [0.1, 0.15) is 0 Å². The standard InChI is InChI=1S/C9H17F3N2O/c1-6(2)5-14(4)7(15)8(3,13)9(10,11)12/h6H,5,13H2,1-4H3. The van der Waals surface area contributed by atoms with Gasteiger partial charge in [-0.3, -0.25) is 4.79 Å². The third-order valence-corrected chi connectivity index (χ3v) is 2.02. The zero-order chi connectivity index (χ0) is 12.4. The number of amides is 1. The van der Waals surface area contributed by atoms with Crippen LogP contribution in [0.1, 0.15) is 20.8 Å². The predicted octanol–water partition coefficient (Wildman–Crippen LogP) is 1.38. The van der Waals surface area contributed by atoms with Crippen LogP contribution in [0.4, 0.5) is 13.2 Å². The first-order valence-corrected chi connectivity index (χ1v) is 4.61. The fourth-order valence-electron chi connectivity index (χ4n) is 1.15. The Morgan fingerprint density at radius 3 is 2.07 bits per heavy atom. The minimum absolute atomic E-state index is 0.1000. The second-order valence-electron chi connectivity index (χ2n) is 4.28. The van der Waals surface area contributed by atoms with Gasteiger partial charge in [0.15, 0.2) is 5.54 Å². The van der Waals surface area contributed by atoms with E-state index < -0.39 is 17.6 Å². The number of hydrogen-bond acceptors (Lipinski definition) is 2. The molecule has 2 N–H and O–H groups in total. The van der Waals surface area contributed by atoms with E-state index in [4.69, 9.17) is 5.73 Å². The van der Waals surface area contributed by atoms with Crippen LogP contribution in [0.15, 0.2) is 0 Å². The van der Waals surface area contributed by atoms with Crippen LogP contribution in [0.25, 0.3) is 0 Å². The number of nitrogens with two attached hydrogens (primary N) is 1. The molecule has 0 heterocycles. The summed E-state index contributed by atoms with van der Waals surface area (Å²) in [5.74, 6) is -1.01. The van der Waals surface area contributed by atoms with E-state index in [1.165, 1.54) is 7.05 Å². The lowest BCUT2D eigenvalue weighted by Gasteiger charge is -2.31. The van der Waals surface area contributed by atoms with Crippen molar-refractivity contribution in [3.05, 3.63) is 0 Å². The van der Waals surface area contributed by atoms with Crippen molar-refractivity contribution in [2.45, 2.75) is 32.5 Å². The van der Waals surface area contributed by atoms with Crippen LogP contribution in [0.2, 0.25) is 0 Å². The molecule has 3 nitrogen and oxygen atoms in total. The summed E-state index contributed by atoms with van der Waals surface area (Å²) < 4.78 is 37.2. The van der Waals surface area contributed by atoms with Crippen molar-refractivity contribution < 1.29 is 18.0 Å². The molecule has 0 aromatic rings. The van der Waals surface area contributed by atoms with E-state index >= 15 is 0 Å². The van der Waals surface area contributed by atoms with Gasteiger partial charge in [-0.1, -0.05) is 13.8 Å². The van der Waals surface area contributed by atoms with Crippen molar-refractivity contribution >= 4 is 5.91 Å². The third kappa shape index (κ3) is 3.37. The fraction of sp³-hybridized carbons (Fsp3) is 0.889. The Morgan fingerprint density at radius 1 is 1.40 bits per heavy atom. The highest BCUT2D eigenvalue weighted by molar-refractivity contribution is 5.86. The second kappa shape index (κ2) is 4.38. The van der Waals surface area contributed by atoms with Gasteiger partial charge >= 0.3 is 6.18 Å². The predicted molar refractivity (Wildman–Crippen MR) is 51.1 cm³/mol. The van der Waals surface area contributed by atoms with Crippen molar-refractivity contribution in [2.24, 2.45) is 11.7 Å². The second-order valence-corrected chi connectivity index (χ2v) is 4.28. The minimum atomic E-state index is -4.73. The molecular weight excluding hydrogens is 209 g/mol. The number of rotatable bonds is 3. The summed E-state index contributed by atoms with van der Waals surface area (Å²) in [6, 6.07) is 0. The van der Waals surface area contributed by atoms with Crippen LogP contribution < -0.4 is 5.73 Å². The van der Waals surface area contributed by atoms with Crippen LogP contribution in [-0.2, 0) is 4.79 Å². The highest BCUT2D eigenvalue weighted by Gasteiger charge is 2.54. The van der Waals surface area contributed by atoms with Crippen molar-refractivity contribution in [3.63, 3.8) is 0 Å². The summed E-state index contributed by atoms with van der Waals surface area (Å²) >= 11 is 0. The number of hydrogen-bond donors (Lipinski definition) is 1. The molecule has 0 saturated heterocycles. The van der Waals surface area contributed by atoms with E-state index in [2.05, 4.69) is 0 Å². The topological polar surface area (TPSA) is 46.3 Å². The number of likely N-dealkylation sites (N-methyl/N-ethyl adjacent to an activating group) is 1. The molecule has 0 bridgehead atoms. The van der Waals surface area contributed by atoms with Crippen LogP contribution in [0.3, 0.4) is 0 Å². The number of halogens is 3. The maximum atomic E-state index is 12.4. The van der Waals surface area contributed by atoms with E-state index in [0.717, 1.165) is 4.90 Å². The first-order chi connectivity index (χ1) is 6.50. The molecule has 15 heavy (non-hydrogen) atoms. The molecule has 0 rings (SSSR count). The van der Waals surface area contributed by atoms with E-state index in [-0.39, 0.29) is 12.5 Å². The molecule has 90 valence electrons. The number of carbonyl (C=O) groups excluding carboxylic acids is 1. The minimum Gasteiger partial charge on any atom is -0.344 e. The van der Waals surface area contributed by atoms with Gasteiger partial charge < -0.3 is 10.6 Å². The summed E-state index contributed by atoms with van der Waals surface area (Å²) in [6.45, 7) is 4.56. The lowest BCUT2D eigenvalue weighted by molar-refractivity contribution is -0.193. The van der Waals surface area contributed by atoms with Crippen molar-refractivity contribution in [1.29, 1.82) is 0 Å². The lowest BCUT2D eigenvalue weighted by Crippen LogP contribution is -2.61. The van der Waals surface area contributed by atoms with E-state index in [1.807, 2.05) is 13.8 Å². The van der Waals surface area contributed by atoms with Crippen LogP contribution in [0.5, 0.6) is 0 Å². The molecule has 0 fully saturated rings. The summed E-state index contributed by atoms with van der Waals surface area (Å²) in [5.41, 5.74) is 2.19. The fourth-order valence-corrected chi connectivity index (χ4v) is 1.15. The molecule has 0 spiro atoms. The number of carbonyl (C=O) groups is 1. The monoisotopic (exact) mass is 226 g/mol. The first-order valence-electron chi connectivity index (χ1n) is 4.61. The van der Waals surface area contributed by atoms with Crippen LogP contribution in [-0.4, -0.2) is 36.1 Å². The maximum Gasteiger partial charge on any atom is 0.415 e. The summed E-state index contributed by atoms with van der Waals surface area (Å²) in [4.78, 5) is 12.4. The van der Waals surface area contributed by atoms with Gasteiger partial charge in [0.05, 0.1) is 0 Å². The van der Waals surface area contributed by atoms with E-state index in [1.54, 1.807) is 0 Å². The molecule has 0 aliphatic heterocycles. The van der Waals surface area contributed by atoms with E-state index in [0.29, 0.717) is 6.92 Å². The quantitative estimate of drug-likeness (QED) is 0.790. The largest absolute Gasteiger partial charge is 0.415 e. The van der Waals surface area contributed by atoms with Gasteiger partial charge in [-0.2, -0.15) is 13.2 Å². The Labute approximate surface area is 87.4 Å². The van der Waals surface area contributed by atoms with Crippen molar-refractivity contribution in [2.75, 3.05) is 13.6 Å². The molecule has 0 aliphatic carbocycles. The maximum absolute atomic E-state index is 12.4. The number of alkyl halides is 3. The first kappa shape index (κ1) is 14.2. The Morgan fingerprint density at radius 2 is 1.80 bits per heavy atom. The highest BCUT2D eigenvalue weighted by atomic mass is 19.4. The lowest BCUT2D eigenvalue weighted by atomic mass is 10.0. The van der Waals surface area contributed by atoms with Gasteiger partial charge in [0, 0.05) is 13.6 Å². The van der Waals surface area contributed by atoms with Gasteiger partial charge in [-0.15, -0.1) is 0 Å². The zero-order valence-corrected chi connectivity index (χ0v) is 9.35. The summed E-state index contributed by atoms with van der Waals surface area (Å²) in [6.07, 6.45) is -4.73. The highest BCUT2D eigenvalue weighted by Crippen LogP contribution is 2.29. The summed E-state index contributed by atoms with van der Waals surface area (Å²) in [5, 5.41) is 0. The third-order valence-electron chi connectivity index (χ3n) is 2.02. The summed E-state index contributed by atoms with van der Waals surface area (Å²) in [7, 11) is 1.32. The molecule has 0 aliphatic rings. The molecular formula is C9H17F3N2O. The molecule has 0 aromatic carbocycles. The van der Waals surface area contributed by atoms with Crippen molar-refractivity contribution in [3.8, 4) is 0 Å². The van der Waals surface area contributed by atoms with Crippen molar-refractivity contribution in [1.82, 2.24) is 4.90 Å². The average Bonchev–Trinajstić information content (AvgIpc) is 1.99. The Kier molecular flexibility index (Phi) is 4.16. The van der Waals surface area contributed by atoms with Crippen LogP contribution >= 0.6 is 0 Å². The number of nitrogens with zero attached hydrogens (tertiary/aromatic N) is 1. The van der Waals surface area contributed by atoms with Gasteiger partial charge in [-0.05, 0) is 12.8 Å². The Bertz CT molecular complexity index is 236. The van der Waals surface area contributed by atoms with E-state index in [9.17, 15) is 18.0 Å². The molecule has 0 radical (unpaired) electrons. The molecule has 0 aromatic heterocycles. The molecule has 1 atom stereocenters. The van der Waals surface area contributed by atoms with Gasteiger partial charge in [-0.25, -0.2) is 0 Å². The average molecular weight is 226 g/mol. The van der Waals surface area contributed by atoms with Gasteiger partial charge in [0.25, 0.3) is 5.91 Å². The zero-order valence-electron chi connectivity index (χ0n) is 9.35. The normalized spacial score (nSPS) is 16.3. The SMILES string of the molecule is CC(C)CN(C)C(=O)C(C)(N)C(F)(F)F. The molecule has 0 saturated carbocycles. The van der Waals surface area contributed by atoms with Gasteiger partial charge in [0.2, 0.25) is 0 Å².